The van der Waals surface area contributed by atoms with Gasteiger partial charge in [0.15, 0.2) is 0 Å². The molecule has 1 aliphatic carbocycles. The minimum Gasteiger partial charge on any atom is -0.481 e. The average molecular weight is 285 g/mol. The van der Waals surface area contributed by atoms with E-state index >= 15 is 0 Å². The van der Waals surface area contributed by atoms with E-state index in [0.717, 1.165) is 0 Å². The maximum Gasteiger partial charge on any atom is 0.315 e. The summed E-state index contributed by atoms with van der Waals surface area (Å²) in [6.07, 6.45) is 4.33. The van der Waals surface area contributed by atoms with E-state index in [1.54, 1.807) is 0 Å². The van der Waals surface area contributed by atoms with Crippen molar-refractivity contribution in [1.82, 2.24) is 10.6 Å². The molecule has 1 saturated carbocycles. The van der Waals surface area contributed by atoms with Gasteiger partial charge in [-0.15, -0.1) is 0 Å². The molecule has 0 atom stereocenters. The van der Waals surface area contributed by atoms with Gasteiger partial charge < -0.3 is 21.5 Å². The number of nitrogens with one attached hydrogen (secondary N) is 2. The first kappa shape index (κ1) is 16.3. The number of hydrogen-bond donors (Lipinski definition) is 4. The van der Waals surface area contributed by atoms with Crippen molar-refractivity contribution in [1.29, 1.82) is 0 Å². The number of aliphatic carboxylic acids is 1. The van der Waals surface area contributed by atoms with Crippen molar-refractivity contribution in [3.8, 4) is 0 Å². The second-order valence-electron chi connectivity index (χ2n) is 5.21. The van der Waals surface area contributed by atoms with Crippen LogP contribution in [0.2, 0.25) is 0 Å². The number of hydrogen-bond acceptors (Lipinski definition) is 3. The normalized spacial score (nSPS) is 22.0. The summed E-state index contributed by atoms with van der Waals surface area (Å²) in [4.78, 5) is 32.9. The zero-order valence-corrected chi connectivity index (χ0v) is 11.6. The summed E-state index contributed by atoms with van der Waals surface area (Å²) in [6, 6.07) is -0.181. The van der Waals surface area contributed by atoms with Gasteiger partial charge in [-0.05, 0) is 38.5 Å². The fourth-order valence-corrected chi connectivity index (χ4v) is 2.35. The maximum absolute atomic E-state index is 11.6. The Morgan fingerprint density at radius 3 is 2.30 bits per heavy atom. The number of amides is 3. The molecule has 1 fully saturated rings. The van der Waals surface area contributed by atoms with Crippen LogP contribution in [0.4, 0.5) is 4.79 Å². The molecule has 0 radical (unpaired) electrons. The fourth-order valence-electron chi connectivity index (χ4n) is 2.35. The highest BCUT2D eigenvalue weighted by molar-refractivity contribution is 5.74. The highest BCUT2D eigenvalue weighted by Crippen LogP contribution is 2.24. The number of nitrogens with two attached hydrogens (primary N) is 1. The number of carboxylic acid groups (broad SMARTS) is 1. The average Bonchev–Trinajstić information content (AvgIpc) is 2.38. The number of carbonyl (C=O) groups is 3. The Morgan fingerprint density at radius 2 is 1.75 bits per heavy atom. The van der Waals surface area contributed by atoms with Crippen LogP contribution in [-0.4, -0.2) is 35.6 Å². The van der Waals surface area contributed by atoms with E-state index in [9.17, 15) is 14.4 Å². The summed E-state index contributed by atoms with van der Waals surface area (Å²) in [5, 5.41) is 14.4. The minimum absolute atomic E-state index is 0.0521. The molecule has 0 aromatic rings. The van der Waals surface area contributed by atoms with Gasteiger partial charge in [-0.25, -0.2) is 4.79 Å². The van der Waals surface area contributed by atoms with E-state index in [1.807, 2.05) is 0 Å². The summed E-state index contributed by atoms with van der Waals surface area (Å²) < 4.78 is 0. The molecule has 0 bridgehead atoms. The Bertz CT molecular complexity index is 352. The molecule has 5 N–H and O–H groups in total. The predicted octanol–water partition coefficient (Wildman–Crippen LogP) is 0.585. The number of carboxylic acids is 1. The molecular formula is C13H23N3O4. The highest BCUT2D eigenvalue weighted by atomic mass is 16.4. The molecule has 0 aromatic carbocycles. The molecule has 0 saturated heterocycles. The van der Waals surface area contributed by atoms with Crippen molar-refractivity contribution in [3.05, 3.63) is 0 Å². The zero-order valence-electron chi connectivity index (χ0n) is 11.6. The minimum atomic E-state index is -0.748. The smallest absolute Gasteiger partial charge is 0.315 e. The van der Waals surface area contributed by atoms with E-state index in [4.69, 9.17) is 10.8 Å². The van der Waals surface area contributed by atoms with Crippen molar-refractivity contribution in [2.75, 3.05) is 6.54 Å². The van der Waals surface area contributed by atoms with E-state index < -0.39 is 5.97 Å². The fraction of sp³-hybridized carbons (Fsp3) is 0.769. The van der Waals surface area contributed by atoms with E-state index in [2.05, 4.69) is 10.6 Å². The largest absolute Gasteiger partial charge is 0.481 e. The van der Waals surface area contributed by atoms with Crippen molar-refractivity contribution in [3.63, 3.8) is 0 Å². The summed E-state index contributed by atoms with van der Waals surface area (Å²) >= 11 is 0. The van der Waals surface area contributed by atoms with Crippen molar-refractivity contribution in [2.45, 2.75) is 51.0 Å². The van der Waals surface area contributed by atoms with Gasteiger partial charge in [0.25, 0.3) is 0 Å². The first-order chi connectivity index (χ1) is 9.49. The monoisotopic (exact) mass is 285 g/mol. The molecule has 0 spiro atoms. The van der Waals surface area contributed by atoms with Crippen LogP contribution in [0, 0.1) is 5.92 Å². The van der Waals surface area contributed by atoms with Crippen molar-refractivity contribution >= 4 is 17.9 Å². The molecule has 7 nitrogen and oxygen atoms in total. The molecule has 0 aliphatic heterocycles. The van der Waals surface area contributed by atoms with Gasteiger partial charge in [-0.1, -0.05) is 0 Å². The zero-order chi connectivity index (χ0) is 15.0. The predicted molar refractivity (Wildman–Crippen MR) is 73.0 cm³/mol. The molecule has 0 heterocycles. The highest BCUT2D eigenvalue weighted by Gasteiger charge is 2.26. The third-order valence-electron chi connectivity index (χ3n) is 3.55. The van der Waals surface area contributed by atoms with Gasteiger partial charge in [0.05, 0.1) is 5.92 Å². The molecule has 3 amide bonds. The lowest BCUT2D eigenvalue weighted by Gasteiger charge is -2.26. The quantitative estimate of drug-likeness (QED) is 0.511. The van der Waals surface area contributed by atoms with Crippen molar-refractivity contribution < 1.29 is 19.5 Å². The first-order valence-corrected chi connectivity index (χ1v) is 7.04. The Hall–Kier alpha value is -1.79. The van der Waals surface area contributed by atoms with Crippen molar-refractivity contribution in [2.24, 2.45) is 11.7 Å². The lowest BCUT2D eigenvalue weighted by Crippen LogP contribution is -2.44. The second kappa shape index (κ2) is 8.39. The Morgan fingerprint density at radius 1 is 1.10 bits per heavy atom. The lowest BCUT2D eigenvalue weighted by molar-refractivity contribution is -0.142. The lowest BCUT2D eigenvalue weighted by atomic mass is 9.86. The molecule has 20 heavy (non-hydrogen) atoms. The van der Waals surface area contributed by atoms with E-state index in [0.29, 0.717) is 51.5 Å². The standard InChI is InChI=1S/C13H23N3O4/c14-11(17)3-1-2-8-15-13(20)16-10-6-4-9(5-7-10)12(18)19/h9-10H,1-8H2,(H2,14,17)(H,18,19)(H2,15,16,20). The van der Waals surface area contributed by atoms with E-state index in [1.165, 1.54) is 0 Å². The number of unbranched alkanes of at least 4 members (excludes halogenated alkanes) is 1. The van der Waals surface area contributed by atoms with Crippen LogP contribution in [0.3, 0.4) is 0 Å². The molecule has 114 valence electrons. The van der Waals surface area contributed by atoms with Gasteiger partial charge in [0, 0.05) is 19.0 Å². The number of rotatable bonds is 7. The molecule has 7 heteroatoms. The Balaban J connectivity index is 2.08. The van der Waals surface area contributed by atoms with Crippen LogP contribution in [0.1, 0.15) is 44.9 Å². The molecule has 0 aromatic heterocycles. The molecule has 1 rings (SSSR count). The summed E-state index contributed by atoms with van der Waals surface area (Å²) in [5.74, 6) is -1.35. The van der Waals surface area contributed by atoms with Gasteiger partial charge in [-0.2, -0.15) is 0 Å². The van der Waals surface area contributed by atoms with Gasteiger partial charge >= 0.3 is 12.0 Å². The molecular weight excluding hydrogens is 262 g/mol. The summed E-state index contributed by atoms with van der Waals surface area (Å²) in [5.41, 5.74) is 5.01. The van der Waals surface area contributed by atoms with Gasteiger partial charge in [0.1, 0.15) is 0 Å². The van der Waals surface area contributed by atoms with Crippen LogP contribution in [0.25, 0.3) is 0 Å². The SMILES string of the molecule is NC(=O)CCCCNC(=O)NC1CCC(C(=O)O)CC1. The number of primary amides is 1. The third-order valence-corrected chi connectivity index (χ3v) is 3.55. The van der Waals surface area contributed by atoms with Crippen LogP contribution in [-0.2, 0) is 9.59 Å². The van der Waals surface area contributed by atoms with E-state index in [-0.39, 0.29) is 23.9 Å². The maximum atomic E-state index is 11.6. The van der Waals surface area contributed by atoms with Gasteiger partial charge in [-0.3, -0.25) is 9.59 Å². The second-order valence-corrected chi connectivity index (χ2v) is 5.21. The van der Waals surface area contributed by atoms with Gasteiger partial charge in [0.2, 0.25) is 5.91 Å². The summed E-state index contributed by atoms with van der Waals surface area (Å²) in [7, 11) is 0. The number of carbonyl (C=O) groups excluding carboxylic acids is 2. The Kier molecular flexibility index (Phi) is 6.83. The third kappa shape index (κ3) is 6.40. The van der Waals surface area contributed by atoms with Crippen LogP contribution >= 0.6 is 0 Å². The Labute approximate surface area is 118 Å². The van der Waals surface area contributed by atoms with Crippen LogP contribution in [0.15, 0.2) is 0 Å². The topological polar surface area (TPSA) is 122 Å². The number of urea groups is 1. The first-order valence-electron chi connectivity index (χ1n) is 7.04. The molecule has 0 unspecified atom stereocenters. The van der Waals surface area contributed by atoms with Crippen LogP contribution in [0.5, 0.6) is 0 Å². The summed E-state index contributed by atoms with van der Waals surface area (Å²) in [6.45, 7) is 0.504. The van der Waals surface area contributed by atoms with Crippen LogP contribution < -0.4 is 16.4 Å². The molecule has 1 aliphatic rings.